The molecule has 1 aromatic heterocycles. The van der Waals surface area contributed by atoms with Crippen LogP contribution in [0.2, 0.25) is 0 Å². The molecule has 1 heterocycles. The molecule has 0 radical (unpaired) electrons. The van der Waals surface area contributed by atoms with Crippen molar-refractivity contribution in [2.24, 2.45) is 0 Å². The zero-order valence-corrected chi connectivity index (χ0v) is 13.4. The van der Waals surface area contributed by atoms with Gasteiger partial charge in [-0.1, -0.05) is 26.7 Å². The van der Waals surface area contributed by atoms with Crippen molar-refractivity contribution in [3.05, 3.63) is 11.4 Å². The second-order valence-electron chi connectivity index (χ2n) is 4.73. The van der Waals surface area contributed by atoms with Crippen molar-refractivity contribution in [2.45, 2.75) is 57.4 Å². The first-order chi connectivity index (χ1) is 9.31. The minimum Gasteiger partial charge on any atom is -0.348 e. The molecule has 8 heteroatoms. The van der Waals surface area contributed by atoms with Gasteiger partial charge in [-0.05, 0) is 19.8 Å². The zero-order valence-electron chi connectivity index (χ0n) is 11.9. The summed E-state index contributed by atoms with van der Waals surface area (Å²) in [4.78, 5) is 11.9. The number of aromatic nitrogens is 2. The summed E-state index contributed by atoms with van der Waals surface area (Å²) in [5.41, 5.74) is 0.210. The average Bonchev–Trinajstić information content (AvgIpc) is 2.73. The molecule has 1 aromatic rings. The summed E-state index contributed by atoms with van der Waals surface area (Å²) in [7, 11) is 1.40. The molecule has 0 aliphatic heterocycles. The molecule has 1 unspecified atom stereocenters. The Morgan fingerprint density at radius 3 is 2.55 bits per heavy atom. The number of aromatic amines is 1. The molecule has 20 heavy (non-hydrogen) atoms. The Bertz CT molecular complexity index is 569. The summed E-state index contributed by atoms with van der Waals surface area (Å²) in [5.74, 6) is -0.524. The van der Waals surface area contributed by atoms with E-state index in [1.165, 1.54) is 0 Å². The number of hydrogen-bond acceptors (Lipinski definition) is 4. The number of H-pyrrole nitrogens is 1. The summed E-state index contributed by atoms with van der Waals surface area (Å²) >= 11 is 0. The highest BCUT2D eigenvalue weighted by molar-refractivity contribution is 8.13. The van der Waals surface area contributed by atoms with Crippen LogP contribution in [0.5, 0.6) is 0 Å². The average molecular weight is 322 g/mol. The van der Waals surface area contributed by atoms with Gasteiger partial charge >= 0.3 is 0 Å². The minimum atomic E-state index is -4.02. The van der Waals surface area contributed by atoms with Gasteiger partial charge in [-0.15, -0.1) is 0 Å². The fraction of sp³-hybridized carbons (Fsp3) is 0.667. The van der Waals surface area contributed by atoms with Gasteiger partial charge in [0.1, 0.15) is 4.90 Å². The SMILES string of the molecule is CCCc1[nH]nc(C(=O)NC(C)CCC)c1S(=O)(=O)Cl. The highest BCUT2D eigenvalue weighted by atomic mass is 35.7. The van der Waals surface area contributed by atoms with E-state index in [2.05, 4.69) is 15.5 Å². The Hall–Kier alpha value is -1.08. The van der Waals surface area contributed by atoms with Crippen LogP contribution in [-0.4, -0.2) is 30.6 Å². The molecule has 1 atom stereocenters. The normalized spacial score (nSPS) is 13.2. The minimum absolute atomic E-state index is 0.0512. The molecule has 6 nitrogen and oxygen atoms in total. The predicted molar refractivity (Wildman–Crippen MR) is 77.5 cm³/mol. The highest BCUT2D eigenvalue weighted by Gasteiger charge is 2.28. The molecule has 0 spiro atoms. The fourth-order valence-electron chi connectivity index (χ4n) is 2.00. The van der Waals surface area contributed by atoms with E-state index in [0.717, 1.165) is 19.3 Å². The lowest BCUT2D eigenvalue weighted by Gasteiger charge is -2.11. The third kappa shape index (κ3) is 4.21. The molecular formula is C12H20ClN3O3S. The number of hydrogen-bond donors (Lipinski definition) is 2. The lowest BCUT2D eigenvalue weighted by Crippen LogP contribution is -2.33. The number of carbonyl (C=O) groups is 1. The van der Waals surface area contributed by atoms with E-state index in [4.69, 9.17) is 10.7 Å². The summed E-state index contributed by atoms with van der Waals surface area (Å²) in [6.45, 7) is 5.76. The van der Waals surface area contributed by atoms with Crippen LogP contribution in [0.4, 0.5) is 0 Å². The van der Waals surface area contributed by atoms with Crippen LogP contribution in [0.1, 0.15) is 56.2 Å². The highest BCUT2D eigenvalue weighted by Crippen LogP contribution is 2.23. The fourth-order valence-corrected chi connectivity index (χ4v) is 3.31. The van der Waals surface area contributed by atoms with E-state index in [9.17, 15) is 13.2 Å². The zero-order chi connectivity index (χ0) is 15.3. The lowest BCUT2D eigenvalue weighted by molar-refractivity contribution is 0.0930. The molecule has 0 bridgehead atoms. The van der Waals surface area contributed by atoms with E-state index in [1.54, 1.807) is 0 Å². The van der Waals surface area contributed by atoms with E-state index in [0.29, 0.717) is 12.1 Å². The Labute approximate surface area is 123 Å². The summed E-state index contributed by atoms with van der Waals surface area (Å²) in [5, 5.41) is 9.13. The topological polar surface area (TPSA) is 91.9 Å². The van der Waals surface area contributed by atoms with Crippen molar-refractivity contribution < 1.29 is 13.2 Å². The molecule has 2 N–H and O–H groups in total. The summed E-state index contributed by atoms with van der Waals surface area (Å²) in [6, 6.07) is -0.0512. The first kappa shape index (κ1) is 17.0. The molecule has 0 aliphatic rings. The molecule has 0 fully saturated rings. The molecule has 114 valence electrons. The van der Waals surface area contributed by atoms with Crippen LogP contribution in [0.25, 0.3) is 0 Å². The standard InChI is InChI=1S/C12H20ClN3O3S/c1-4-6-8(3)14-12(17)10-11(20(13,18)19)9(7-5-2)15-16-10/h8H,4-7H2,1-3H3,(H,14,17)(H,15,16). The van der Waals surface area contributed by atoms with Crippen LogP contribution in [0.3, 0.4) is 0 Å². The quantitative estimate of drug-likeness (QED) is 0.753. The van der Waals surface area contributed by atoms with Crippen LogP contribution in [-0.2, 0) is 15.5 Å². The van der Waals surface area contributed by atoms with Crippen LogP contribution in [0.15, 0.2) is 4.90 Å². The first-order valence-electron chi connectivity index (χ1n) is 6.64. The Balaban J connectivity index is 3.09. The maximum atomic E-state index is 12.1. The van der Waals surface area contributed by atoms with Gasteiger partial charge in [0.05, 0.1) is 5.69 Å². The summed E-state index contributed by atoms with van der Waals surface area (Å²) < 4.78 is 23.3. The van der Waals surface area contributed by atoms with E-state index < -0.39 is 15.0 Å². The number of halogens is 1. The molecule has 0 aromatic carbocycles. The molecule has 0 saturated heterocycles. The van der Waals surface area contributed by atoms with Gasteiger partial charge in [0.25, 0.3) is 15.0 Å². The molecule has 0 saturated carbocycles. The van der Waals surface area contributed by atoms with Gasteiger partial charge in [0, 0.05) is 16.7 Å². The van der Waals surface area contributed by atoms with E-state index in [1.807, 2.05) is 20.8 Å². The van der Waals surface area contributed by atoms with Gasteiger partial charge < -0.3 is 5.32 Å². The van der Waals surface area contributed by atoms with E-state index >= 15 is 0 Å². The van der Waals surface area contributed by atoms with Gasteiger partial charge in [-0.25, -0.2) is 8.42 Å². The first-order valence-corrected chi connectivity index (χ1v) is 8.94. The van der Waals surface area contributed by atoms with Gasteiger partial charge in [-0.2, -0.15) is 5.10 Å². The van der Waals surface area contributed by atoms with Gasteiger partial charge in [-0.3, -0.25) is 9.89 Å². The van der Waals surface area contributed by atoms with Crippen molar-refractivity contribution in [3.8, 4) is 0 Å². The van der Waals surface area contributed by atoms with Gasteiger partial charge in [0.2, 0.25) is 0 Å². The molecule has 0 aliphatic carbocycles. The van der Waals surface area contributed by atoms with E-state index in [-0.39, 0.29) is 16.6 Å². The van der Waals surface area contributed by atoms with Crippen molar-refractivity contribution in [2.75, 3.05) is 0 Å². The monoisotopic (exact) mass is 321 g/mol. The maximum absolute atomic E-state index is 12.1. The number of amides is 1. The summed E-state index contributed by atoms with van der Waals surface area (Å²) in [6.07, 6.45) is 2.91. The maximum Gasteiger partial charge on any atom is 0.273 e. The largest absolute Gasteiger partial charge is 0.348 e. The Morgan fingerprint density at radius 1 is 1.40 bits per heavy atom. The van der Waals surface area contributed by atoms with Crippen molar-refractivity contribution in [3.63, 3.8) is 0 Å². The van der Waals surface area contributed by atoms with Crippen molar-refractivity contribution in [1.82, 2.24) is 15.5 Å². The van der Waals surface area contributed by atoms with Crippen molar-refractivity contribution >= 4 is 25.6 Å². The Morgan fingerprint density at radius 2 is 2.05 bits per heavy atom. The lowest BCUT2D eigenvalue weighted by atomic mass is 10.2. The number of rotatable bonds is 7. The Kier molecular flexibility index (Phi) is 6.01. The van der Waals surface area contributed by atoms with Crippen molar-refractivity contribution in [1.29, 1.82) is 0 Å². The smallest absolute Gasteiger partial charge is 0.273 e. The van der Waals surface area contributed by atoms with Crippen LogP contribution >= 0.6 is 10.7 Å². The third-order valence-electron chi connectivity index (χ3n) is 2.85. The second kappa shape index (κ2) is 7.08. The number of aryl methyl sites for hydroxylation is 1. The van der Waals surface area contributed by atoms with Gasteiger partial charge in [0.15, 0.2) is 5.69 Å². The third-order valence-corrected chi connectivity index (χ3v) is 4.24. The number of carbonyl (C=O) groups excluding carboxylic acids is 1. The number of nitrogens with one attached hydrogen (secondary N) is 2. The number of nitrogens with zero attached hydrogens (tertiary/aromatic N) is 1. The second-order valence-corrected chi connectivity index (χ2v) is 7.23. The molecular weight excluding hydrogens is 302 g/mol. The van der Waals surface area contributed by atoms with Crippen LogP contribution < -0.4 is 5.32 Å². The molecule has 1 amide bonds. The molecule has 1 rings (SSSR count). The van der Waals surface area contributed by atoms with Crippen LogP contribution in [0, 0.1) is 0 Å². The predicted octanol–water partition coefficient (Wildman–Crippen LogP) is 2.21.